The Balaban J connectivity index is 1.08. The molecule has 9 aliphatic rings. The number of aromatic nitrogens is 9. The molecule has 3 aromatic carbocycles. The summed E-state index contributed by atoms with van der Waals surface area (Å²) in [7, 11) is -21.2. The van der Waals surface area contributed by atoms with Crippen LogP contribution in [0.15, 0.2) is 72.8 Å². The maximum atomic E-state index is 20.1. The molecule has 0 aliphatic carbocycles. The summed E-state index contributed by atoms with van der Waals surface area (Å²) < 4.78 is 93.4. The van der Waals surface area contributed by atoms with Crippen LogP contribution >= 0.6 is 30.4 Å². The Labute approximate surface area is 486 Å². The van der Waals surface area contributed by atoms with E-state index >= 15 is 4.57 Å². The summed E-state index contributed by atoms with van der Waals surface area (Å²) in [5.41, 5.74) is 4.07. The van der Waals surface area contributed by atoms with Gasteiger partial charge in [0, 0.05) is 0 Å². The second-order valence-electron chi connectivity index (χ2n) is 24.2. The summed E-state index contributed by atoms with van der Waals surface area (Å²) >= 11 is 0. The van der Waals surface area contributed by atoms with Crippen LogP contribution in [-0.4, -0.2) is 205 Å². The Morgan fingerprint density at radius 2 is 0.470 bits per heavy atom. The first-order chi connectivity index (χ1) is 40.8. The molecule has 12 heterocycles. The van der Waals surface area contributed by atoms with Crippen LogP contribution in [0.3, 0.4) is 0 Å². The molecule has 0 amide bonds. The van der Waals surface area contributed by atoms with E-state index in [1.807, 2.05) is 72.8 Å². The van der Waals surface area contributed by atoms with E-state index in [-0.39, 0.29) is 0 Å². The Kier molecular flexibility index (Phi) is 14.7. The first-order valence-corrected chi connectivity index (χ1v) is 38.6. The molecule has 0 radical (unpaired) electrons. The van der Waals surface area contributed by atoms with Crippen LogP contribution in [0.25, 0.3) is 33.1 Å². The van der Waals surface area contributed by atoms with Gasteiger partial charge >= 0.3 is 489 Å². The molecule has 9 fully saturated rings. The van der Waals surface area contributed by atoms with Crippen LogP contribution in [0.2, 0.25) is 0 Å². The standard InChI is InChI=1S/C54H84N18O7P4/c73-80(77-81(61-31-7-8-32-61,62-33-9-10-34-62,63-35-11-12-36-63)74-70-52-28-4-1-25-49(52)55-58-70,78-82(64-37-13-14-38-64,65-39-15-16-40-65,66-41-17-18-42-66)75-71-53-29-5-2-26-50(53)56-59-71)79-83(67-43-19-20-44-67,68-45-21-22-46-68,69-47-23-24-48-69)76-72-54-30-6-3-27-51(54)57-60-72/h1-6,25-30H,7-24,31-48H2. The summed E-state index contributed by atoms with van der Waals surface area (Å²) in [6, 6.07) is 23.8. The molecule has 3 aromatic heterocycles. The number of fused-ring (bicyclic) bond motifs is 3. The Morgan fingerprint density at radius 1 is 0.289 bits per heavy atom. The van der Waals surface area contributed by atoms with E-state index in [9.17, 15) is 0 Å². The number of para-hydroxylation sites is 3. The normalized spacial score (nSPS) is 25.5. The predicted octanol–water partition coefficient (Wildman–Crippen LogP) is 9.01. The first kappa shape index (κ1) is 55.9. The third-order valence-electron chi connectivity index (χ3n) is 19.5. The molecule has 0 atom stereocenters. The van der Waals surface area contributed by atoms with E-state index in [1.54, 1.807) is 14.5 Å². The number of benzene rings is 3. The van der Waals surface area contributed by atoms with Gasteiger partial charge in [0.15, 0.2) is 0 Å². The van der Waals surface area contributed by atoms with Crippen LogP contribution in [-0.2, 0) is 17.5 Å². The van der Waals surface area contributed by atoms with Crippen LogP contribution < -0.4 is 13.9 Å². The minimum absolute atomic E-state index is 0.613. The van der Waals surface area contributed by atoms with Crippen molar-refractivity contribution >= 4 is 63.5 Å². The molecule has 0 spiro atoms. The zero-order valence-corrected chi connectivity index (χ0v) is 51.7. The van der Waals surface area contributed by atoms with E-state index < -0.39 is 30.4 Å². The van der Waals surface area contributed by atoms with Gasteiger partial charge in [0.05, 0.1) is 0 Å². The maximum absolute atomic E-state index is 20.1. The third-order valence-corrected chi connectivity index (χ3v) is 38.9. The summed E-state index contributed by atoms with van der Waals surface area (Å²) in [6.07, 6.45) is 15.8. The monoisotopic (exact) mass is 1220 g/mol. The Bertz CT molecular complexity index is 2850. The van der Waals surface area contributed by atoms with E-state index in [0.29, 0.717) is 151 Å². The van der Waals surface area contributed by atoms with Gasteiger partial charge in [0.25, 0.3) is 0 Å². The van der Waals surface area contributed by atoms with Crippen molar-refractivity contribution in [2.45, 2.75) is 116 Å². The van der Waals surface area contributed by atoms with E-state index in [2.05, 4.69) is 42.0 Å². The van der Waals surface area contributed by atoms with Gasteiger partial charge in [-0.05, 0) is 0 Å². The molecule has 9 saturated heterocycles. The van der Waals surface area contributed by atoms with Gasteiger partial charge in [0.1, 0.15) is 0 Å². The van der Waals surface area contributed by atoms with Crippen molar-refractivity contribution in [1.82, 2.24) is 87.5 Å². The average molecular weight is 1220 g/mol. The van der Waals surface area contributed by atoms with Gasteiger partial charge in [0.2, 0.25) is 0 Å². The van der Waals surface area contributed by atoms with Gasteiger partial charge in [-0.3, -0.25) is 0 Å². The second-order valence-corrected chi connectivity index (χ2v) is 37.7. The fourth-order valence-corrected chi connectivity index (χ4v) is 39.1. The molecular weight excluding hydrogens is 1140 g/mol. The average Bonchev–Trinajstić information content (AvgIpc) is 1.70. The van der Waals surface area contributed by atoms with Gasteiger partial charge in [-0.15, -0.1) is 0 Å². The second kappa shape index (κ2) is 21.9. The Morgan fingerprint density at radius 3 is 0.663 bits per heavy atom. The van der Waals surface area contributed by atoms with Gasteiger partial charge in [-0.2, -0.15) is 0 Å². The van der Waals surface area contributed by atoms with Crippen LogP contribution in [0, 0.1) is 0 Å². The molecule has 452 valence electrons. The Hall–Kier alpha value is -3.70. The summed E-state index contributed by atoms with van der Waals surface area (Å²) in [5, 5.41) is 29.0. The number of hydrogen-bond acceptors (Lipinski definition) is 22. The van der Waals surface area contributed by atoms with Crippen molar-refractivity contribution in [1.29, 1.82) is 0 Å². The van der Waals surface area contributed by atoms with E-state index in [4.69, 9.17) is 57.7 Å². The summed E-state index contributed by atoms with van der Waals surface area (Å²) in [4.78, 5) is 4.76. The van der Waals surface area contributed by atoms with Crippen molar-refractivity contribution in [2.24, 2.45) is 0 Å². The quantitative estimate of drug-likeness (QED) is 0.0619. The van der Waals surface area contributed by atoms with Gasteiger partial charge in [-0.1, -0.05) is 0 Å². The molecule has 29 heteroatoms. The van der Waals surface area contributed by atoms with Crippen molar-refractivity contribution in [3.8, 4) is 0 Å². The third kappa shape index (κ3) is 8.59. The topological polar surface area (TPSA) is 194 Å². The molecule has 83 heavy (non-hydrogen) atoms. The molecule has 0 bridgehead atoms. The molecule has 0 unspecified atom stereocenters. The summed E-state index contributed by atoms with van der Waals surface area (Å²) in [6.45, 7) is 11.0. The van der Waals surface area contributed by atoms with Crippen molar-refractivity contribution < 1.29 is 31.4 Å². The van der Waals surface area contributed by atoms with Crippen LogP contribution in [0.4, 0.5) is 0 Å². The number of nitrogens with zero attached hydrogens (tertiary/aromatic N) is 18. The molecule has 0 saturated carbocycles. The molecule has 0 N–H and O–H groups in total. The van der Waals surface area contributed by atoms with Crippen LogP contribution in [0.5, 0.6) is 0 Å². The number of rotatable bonds is 21. The number of hydrogen-bond donors (Lipinski definition) is 0. The fraction of sp³-hybridized carbons (Fsp3) is 0.667. The molecule has 15 rings (SSSR count). The SMILES string of the molecule is O=P(OP(On1nnc2ccccc21)(N1CCCC1)(N1CCCC1)N1CCCC1)(OP(On1nnc2ccccc21)(N1CCCC1)(N1CCCC1)N1CCCC1)OP(On1nnc2ccccc21)(N1CCCC1)(N1CCCC1)N1CCCC1. The van der Waals surface area contributed by atoms with E-state index in [0.717, 1.165) is 116 Å². The van der Waals surface area contributed by atoms with Crippen molar-refractivity contribution in [3.05, 3.63) is 72.8 Å². The van der Waals surface area contributed by atoms with Crippen LogP contribution in [0.1, 0.15) is 116 Å². The van der Waals surface area contributed by atoms with Gasteiger partial charge in [-0.25, -0.2) is 0 Å². The molecule has 9 aliphatic heterocycles. The number of phosphoric acid groups is 1. The van der Waals surface area contributed by atoms with Crippen molar-refractivity contribution in [3.63, 3.8) is 0 Å². The summed E-state index contributed by atoms with van der Waals surface area (Å²) in [5.74, 6) is 0. The van der Waals surface area contributed by atoms with Crippen molar-refractivity contribution in [2.75, 3.05) is 118 Å². The zero-order valence-electron chi connectivity index (χ0n) is 48.1. The molecular formula is C54H84N18O7P4. The zero-order chi connectivity index (χ0) is 55.7. The predicted molar refractivity (Wildman–Crippen MR) is 321 cm³/mol. The molecule has 6 aromatic rings. The fourth-order valence-electron chi connectivity index (χ4n) is 15.7. The molecule has 25 nitrogen and oxygen atoms in total. The van der Waals surface area contributed by atoms with Gasteiger partial charge < -0.3 is 0 Å². The first-order valence-electron chi connectivity index (χ1n) is 31.4. The minimum atomic E-state index is -5.55. The van der Waals surface area contributed by atoms with E-state index in [1.165, 1.54) is 0 Å².